The lowest BCUT2D eigenvalue weighted by Gasteiger charge is -2.42. The van der Waals surface area contributed by atoms with Crippen LogP contribution < -0.4 is 9.64 Å². The number of ether oxygens (including phenoxy) is 1. The fourth-order valence-corrected chi connectivity index (χ4v) is 6.61. The predicted molar refractivity (Wildman–Crippen MR) is 149 cm³/mol. The molecule has 1 N–H and O–H groups in total. The lowest BCUT2D eigenvalue weighted by Crippen LogP contribution is -2.42. The van der Waals surface area contributed by atoms with Gasteiger partial charge in [0.15, 0.2) is 0 Å². The average molecular weight is 543 g/mol. The molecule has 8 heteroatoms. The molecule has 1 fully saturated rings. The molecule has 1 amide bonds. The number of hydrogen-bond acceptors (Lipinski definition) is 5. The number of rotatable bonds is 0. The van der Waals surface area contributed by atoms with Gasteiger partial charge in [-0.15, -0.1) is 0 Å². The van der Waals surface area contributed by atoms with Crippen molar-refractivity contribution in [1.82, 2.24) is 0 Å². The third-order valence-corrected chi connectivity index (χ3v) is 9.14. The third-order valence-electron chi connectivity index (χ3n) is 7.80. The van der Waals surface area contributed by atoms with Gasteiger partial charge in [0.25, 0.3) is 5.91 Å². The molecule has 2 bridgehead atoms. The second kappa shape index (κ2) is 12.0. The number of carbonyl (C=O) groups excluding carboxylic acids is 1. The summed E-state index contributed by atoms with van der Waals surface area (Å²) in [4.78, 5) is 15.3. The number of aryl methyl sites for hydroxylation is 1. The summed E-state index contributed by atoms with van der Waals surface area (Å²) in [6.07, 6.45) is 9.60. The van der Waals surface area contributed by atoms with Crippen LogP contribution in [0.2, 0.25) is 5.02 Å². The van der Waals surface area contributed by atoms with Gasteiger partial charge in [-0.2, -0.15) is 4.36 Å². The molecule has 0 radical (unpaired) electrons. The number of benzene rings is 2. The number of allylic oxidation sites excluding steroid dienone is 1. The van der Waals surface area contributed by atoms with Crippen LogP contribution >= 0.6 is 11.6 Å². The molecule has 0 spiro atoms. The summed E-state index contributed by atoms with van der Waals surface area (Å²) in [5, 5.41) is 11.6. The van der Waals surface area contributed by atoms with Crippen LogP contribution in [0.4, 0.5) is 5.69 Å². The Morgan fingerprint density at radius 3 is 2.81 bits per heavy atom. The standard InChI is InChI=1S/C29H35ClN2O4S/c30-24-11-8-22-18-32-19-23-9-12-25(23)27(33)7-2-1-5-15-37(35)31-29(34)21-10-13-28(26(32)17-21)36-14-4-3-6-20(22)16-24/h2,7-8,10-11,13,16-17,23,25,27,33,37H,1,3-6,9,12,14-15,18-19H2/b7-2+/t23-,25+,27-/m0/s1. The Morgan fingerprint density at radius 1 is 1.08 bits per heavy atom. The van der Waals surface area contributed by atoms with E-state index in [4.69, 9.17) is 16.3 Å². The first kappa shape index (κ1) is 26.3. The maximum Gasteiger partial charge on any atom is 0.284 e. The highest BCUT2D eigenvalue weighted by atomic mass is 35.5. The number of aliphatic hydroxyl groups is 1. The van der Waals surface area contributed by atoms with Gasteiger partial charge in [0.05, 0.1) is 18.4 Å². The largest absolute Gasteiger partial charge is 0.491 e. The van der Waals surface area contributed by atoms with E-state index in [1.54, 1.807) is 6.07 Å². The molecule has 2 heterocycles. The van der Waals surface area contributed by atoms with Crippen molar-refractivity contribution >= 4 is 33.8 Å². The van der Waals surface area contributed by atoms with Crippen molar-refractivity contribution in [3.8, 4) is 5.75 Å². The number of fused-ring (bicyclic) bond motifs is 3. The van der Waals surface area contributed by atoms with E-state index in [-0.39, 0.29) is 5.92 Å². The zero-order valence-electron chi connectivity index (χ0n) is 21.0. The number of carbonyl (C=O) groups is 1. The Balaban J connectivity index is 1.59. The van der Waals surface area contributed by atoms with Crippen molar-refractivity contribution in [2.45, 2.75) is 57.6 Å². The highest BCUT2D eigenvalue weighted by molar-refractivity contribution is 7.75. The smallest absolute Gasteiger partial charge is 0.284 e. The first-order valence-electron chi connectivity index (χ1n) is 13.3. The summed E-state index contributed by atoms with van der Waals surface area (Å²) in [7, 11) is -1.98. The molecular weight excluding hydrogens is 508 g/mol. The molecular formula is C29H35ClN2O4S. The minimum atomic E-state index is -1.98. The monoisotopic (exact) mass is 542 g/mol. The van der Waals surface area contributed by atoms with E-state index in [0.29, 0.717) is 43.2 Å². The lowest BCUT2D eigenvalue weighted by atomic mass is 9.70. The number of anilines is 1. The zero-order valence-corrected chi connectivity index (χ0v) is 22.7. The van der Waals surface area contributed by atoms with Crippen LogP contribution in [-0.2, 0) is 23.6 Å². The van der Waals surface area contributed by atoms with E-state index >= 15 is 0 Å². The lowest BCUT2D eigenvalue weighted by molar-refractivity contribution is 0.0460. The van der Waals surface area contributed by atoms with Crippen LogP contribution in [0.25, 0.3) is 0 Å². The number of halogens is 1. The van der Waals surface area contributed by atoms with E-state index < -0.39 is 22.6 Å². The quantitative estimate of drug-likeness (QED) is 0.334. The topological polar surface area (TPSA) is 79.2 Å². The molecule has 0 saturated heterocycles. The van der Waals surface area contributed by atoms with E-state index in [2.05, 4.69) is 21.4 Å². The summed E-state index contributed by atoms with van der Waals surface area (Å²) < 4.78 is 22.7. The number of hydrogen-bond donors (Lipinski definition) is 2. The van der Waals surface area contributed by atoms with Crippen LogP contribution in [0.3, 0.4) is 0 Å². The average Bonchev–Trinajstić information content (AvgIpc) is 2.88. The molecule has 2 aromatic rings. The molecule has 1 saturated carbocycles. The van der Waals surface area contributed by atoms with Crippen LogP contribution in [-0.4, -0.2) is 40.2 Å². The Kier molecular flexibility index (Phi) is 8.53. The molecule has 6 nitrogen and oxygen atoms in total. The van der Waals surface area contributed by atoms with Crippen LogP contribution in [0, 0.1) is 11.8 Å². The predicted octanol–water partition coefficient (Wildman–Crippen LogP) is 5.60. The number of nitrogens with zero attached hydrogens (tertiary/aromatic N) is 2. The maximum absolute atomic E-state index is 13.0. The summed E-state index contributed by atoms with van der Waals surface area (Å²) >= 11 is 6.36. The van der Waals surface area contributed by atoms with Crippen LogP contribution in [0.1, 0.15) is 60.0 Å². The van der Waals surface area contributed by atoms with Gasteiger partial charge in [-0.3, -0.25) is 9.00 Å². The number of aliphatic hydroxyl groups excluding tert-OH is 1. The molecule has 198 valence electrons. The first-order valence-corrected chi connectivity index (χ1v) is 15.1. The van der Waals surface area contributed by atoms with Crippen molar-refractivity contribution in [2.75, 3.05) is 23.8 Å². The summed E-state index contributed by atoms with van der Waals surface area (Å²) in [5.74, 6) is 1.14. The molecule has 4 atom stereocenters. The van der Waals surface area contributed by atoms with Gasteiger partial charge in [-0.25, -0.2) is 0 Å². The molecule has 1 aliphatic carbocycles. The van der Waals surface area contributed by atoms with Gasteiger partial charge in [0, 0.05) is 40.0 Å². The van der Waals surface area contributed by atoms with Gasteiger partial charge in [-0.1, -0.05) is 29.8 Å². The van der Waals surface area contributed by atoms with Crippen LogP contribution in [0.15, 0.2) is 52.9 Å². The molecule has 5 rings (SSSR count). The fraction of sp³-hybridized carbons (Fsp3) is 0.483. The van der Waals surface area contributed by atoms with Gasteiger partial charge in [-0.05, 0) is 98.2 Å². The van der Waals surface area contributed by atoms with Gasteiger partial charge < -0.3 is 14.7 Å². The normalized spacial score (nSPS) is 28.3. The fourth-order valence-electron chi connectivity index (χ4n) is 5.54. The Bertz CT molecular complexity index is 1260. The van der Waals surface area contributed by atoms with E-state index in [1.165, 1.54) is 11.1 Å². The molecule has 0 aromatic heterocycles. The minimum absolute atomic E-state index is 0.188. The Morgan fingerprint density at radius 2 is 1.97 bits per heavy atom. The van der Waals surface area contributed by atoms with Gasteiger partial charge in [0.1, 0.15) is 5.75 Å². The summed E-state index contributed by atoms with van der Waals surface area (Å²) in [6, 6.07) is 11.5. The van der Waals surface area contributed by atoms with Crippen molar-refractivity contribution < 1.29 is 18.8 Å². The minimum Gasteiger partial charge on any atom is -0.491 e. The van der Waals surface area contributed by atoms with Gasteiger partial charge in [0.2, 0.25) is 0 Å². The highest BCUT2D eigenvalue weighted by Gasteiger charge is 2.37. The van der Waals surface area contributed by atoms with Crippen LogP contribution in [0.5, 0.6) is 5.75 Å². The SMILES string of the molecule is O=C1/N=[SH](=O)\CCC/C=C/[C@H](O)[C@@H]2CC[C@H]2CN2Cc3ccc(Cl)cc3CCCCOc3ccc1cc32. The summed E-state index contributed by atoms with van der Waals surface area (Å²) in [5.41, 5.74) is 3.68. The second-order valence-corrected chi connectivity index (χ2v) is 12.1. The van der Waals surface area contributed by atoms with Crippen molar-refractivity contribution in [2.24, 2.45) is 16.2 Å². The van der Waals surface area contributed by atoms with E-state index in [1.807, 2.05) is 30.4 Å². The third kappa shape index (κ3) is 6.39. The first-order chi connectivity index (χ1) is 18.0. The second-order valence-electron chi connectivity index (χ2n) is 10.3. The van der Waals surface area contributed by atoms with Crippen molar-refractivity contribution in [3.63, 3.8) is 0 Å². The highest BCUT2D eigenvalue weighted by Crippen LogP contribution is 2.41. The van der Waals surface area contributed by atoms with Crippen molar-refractivity contribution in [1.29, 1.82) is 0 Å². The van der Waals surface area contributed by atoms with E-state index in [9.17, 15) is 14.1 Å². The summed E-state index contributed by atoms with van der Waals surface area (Å²) in [6.45, 7) is 1.95. The Hall–Kier alpha value is -2.35. The molecule has 3 aliphatic rings. The molecule has 1 unspecified atom stereocenters. The molecule has 2 aromatic carbocycles. The Labute approximate surface area is 225 Å². The van der Waals surface area contributed by atoms with E-state index in [0.717, 1.165) is 55.1 Å². The molecule has 37 heavy (non-hydrogen) atoms. The maximum atomic E-state index is 13.0. The zero-order chi connectivity index (χ0) is 25.8. The molecule has 2 aliphatic heterocycles. The number of amides is 1. The number of thiol groups is 1. The van der Waals surface area contributed by atoms with Crippen molar-refractivity contribution in [3.05, 3.63) is 70.3 Å². The van der Waals surface area contributed by atoms with Gasteiger partial charge >= 0.3 is 0 Å².